The molecular formula is C7H14B2. The van der Waals surface area contributed by atoms with E-state index in [1.165, 1.54) is 19.3 Å². The van der Waals surface area contributed by atoms with E-state index >= 15 is 0 Å². The van der Waals surface area contributed by atoms with E-state index < -0.39 is 0 Å². The molecule has 0 amide bonds. The number of hydrogen-bond acceptors (Lipinski definition) is 0. The van der Waals surface area contributed by atoms with E-state index in [-0.39, 0.29) is 0 Å². The lowest BCUT2D eigenvalue weighted by Crippen LogP contribution is -2.07. The first-order valence-electron chi connectivity index (χ1n) is 3.85. The molecule has 0 nitrogen and oxygen atoms in total. The molecule has 0 heterocycles. The van der Waals surface area contributed by atoms with Gasteiger partial charge in [-0.25, -0.2) is 0 Å². The normalized spacial score (nSPS) is 28.8. The zero-order valence-electron chi connectivity index (χ0n) is 6.70. The first-order chi connectivity index (χ1) is 4.20. The van der Waals surface area contributed by atoms with E-state index in [9.17, 15) is 0 Å². The molecule has 0 radical (unpaired) electrons. The smallest absolute Gasteiger partial charge is 0.120 e. The summed E-state index contributed by atoms with van der Waals surface area (Å²) in [6, 6.07) is 0. The maximum Gasteiger partial charge on any atom is 0.132 e. The molecule has 0 bridgehead atoms. The molecule has 0 aliphatic heterocycles. The van der Waals surface area contributed by atoms with Gasteiger partial charge in [0.25, 0.3) is 0 Å². The Hall–Kier alpha value is -0.130. The van der Waals surface area contributed by atoms with Gasteiger partial charge in [-0.3, -0.25) is 0 Å². The van der Waals surface area contributed by atoms with Gasteiger partial charge < -0.3 is 0 Å². The van der Waals surface area contributed by atoms with Crippen molar-refractivity contribution in [2.24, 2.45) is 5.92 Å². The molecular weight excluding hydrogens is 106 g/mol. The Labute approximate surface area is 59.5 Å². The number of hydrogen-bond donors (Lipinski definition) is 0. The molecule has 0 aromatic heterocycles. The van der Waals surface area contributed by atoms with Crippen LogP contribution < -0.4 is 0 Å². The molecule has 1 aliphatic carbocycles. The molecule has 1 aliphatic rings. The lowest BCUT2D eigenvalue weighted by atomic mass is 9.69. The first-order valence-corrected chi connectivity index (χ1v) is 3.85. The van der Waals surface area contributed by atoms with Crippen molar-refractivity contribution in [3.8, 4) is 0 Å². The largest absolute Gasteiger partial charge is 0.132 e. The van der Waals surface area contributed by atoms with Crippen molar-refractivity contribution >= 4 is 15.7 Å². The average Bonchev–Trinajstić information content (AvgIpc) is 1.80. The zero-order valence-corrected chi connectivity index (χ0v) is 6.70. The summed E-state index contributed by atoms with van der Waals surface area (Å²) >= 11 is 0. The van der Waals surface area contributed by atoms with Gasteiger partial charge in [-0.2, -0.15) is 0 Å². The predicted octanol–water partition coefficient (Wildman–Crippen LogP) is 0.284. The molecule has 0 saturated carbocycles. The lowest BCUT2D eigenvalue weighted by molar-refractivity contribution is 0.517. The van der Waals surface area contributed by atoms with Crippen LogP contribution in [0.25, 0.3) is 0 Å². The Morgan fingerprint density at radius 2 is 2.00 bits per heavy atom. The molecule has 1 atom stereocenters. The molecule has 9 heavy (non-hydrogen) atoms. The average molecular weight is 120 g/mol. The van der Waals surface area contributed by atoms with E-state index in [2.05, 4.69) is 22.6 Å². The molecule has 0 fully saturated rings. The van der Waals surface area contributed by atoms with E-state index in [1.807, 2.05) is 0 Å². The number of rotatable bonds is 0. The van der Waals surface area contributed by atoms with Crippen LogP contribution in [0.4, 0.5) is 0 Å². The van der Waals surface area contributed by atoms with Crippen molar-refractivity contribution in [3.05, 3.63) is 10.9 Å². The summed E-state index contributed by atoms with van der Waals surface area (Å²) < 4.78 is 0. The summed E-state index contributed by atoms with van der Waals surface area (Å²) in [6.45, 7) is 2.34. The van der Waals surface area contributed by atoms with Crippen molar-refractivity contribution in [3.63, 3.8) is 0 Å². The molecule has 48 valence electrons. The predicted molar refractivity (Wildman–Crippen MR) is 47.1 cm³/mol. The van der Waals surface area contributed by atoms with Crippen molar-refractivity contribution in [2.45, 2.75) is 26.2 Å². The second kappa shape index (κ2) is 2.64. The van der Waals surface area contributed by atoms with Crippen LogP contribution in [0.2, 0.25) is 0 Å². The Morgan fingerprint density at radius 3 is 2.44 bits per heavy atom. The van der Waals surface area contributed by atoms with Crippen molar-refractivity contribution in [1.29, 1.82) is 0 Å². The summed E-state index contributed by atoms with van der Waals surface area (Å²) in [5, 5.41) is 0. The second-order valence-electron chi connectivity index (χ2n) is 3.41. The third-order valence-corrected chi connectivity index (χ3v) is 2.40. The minimum atomic E-state index is 0.939. The van der Waals surface area contributed by atoms with Crippen LogP contribution in [0.15, 0.2) is 10.9 Å². The molecule has 0 aromatic carbocycles. The maximum absolute atomic E-state index is 2.34. The van der Waals surface area contributed by atoms with Gasteiger partial charge in [-0.1, -0.05) is 6.92 Å². The van der Waals surface area contributed by atoms with Crippen LogP contribution in [0.3, 0.4) is 0 Å². The van der Waals surface area contributed by atoms with Gasteiger partial charge in [0.05, 0.1) is 0 Å². The molecule has 0 spiro atoms. The topological polar surface area (TPSA) is 0 Å². The molecule has 2 heteroatoms. The lowest BCUT2D eigenvalue weighted by Gasteiger charge is -2.20. The van der Waals surface area contributed by atoms with Gasteiger partial charge in [0.2, 0.25) is 0 Å². The SMILES string of the molecule is BC1=C(B)CC(C)CC1. The minimum Gasteiger partial charge on any atom is -0.120 e. The van der Waals surface area contributed by atoms with Gasteiger partial charge in [0.1, 0.15) is 15.7 Å². The molecule has 1 unspecified atom stereocenters. The highest BCUT2D eigenvalue weighted by Gasteiger charge is 2.10. The van der Waals surface area contributed by atoms with Crippen molar-refractivity contribution < 1.29 is 0 Å². The van der Waals surface area contributed by atoms with Crippen LogP contribution in [0, 0.1) is 5.92 Å². The van der Waals surface area contributed by atoms with E-state index in [1.54, 1.807) is 10.9 Å². The third kappa shape index (κ3) is 1.64. The standard InChI is InChI=1S/C7H14B2/c1-5-2-3-6(8)7(9)4-5/h5H,2-4,8-9H2,1H3. The van der Waals surface area contributed by atoms with Gasteiger partial charge in [-0.15, -0.1) is 10.9 Å². The van der Waals surface area contributed by atoms with Crippen LogP contribution in [0.1, 0.15) is 26.2 Å². The summed E-state index contributed by atoms with van der Waals surface area (Å²) in [6.07, 6.45) is 4.09. The minimum absolute atomic E-state index is 0.939. The Bertz CT molecular complexity index is 138. The monoisotopic (exact) mass is 120 g/mol. The van der Waals surface area contributed by atoms with Crippen LogP contribution in [0.5, 0.6) is 0 Å². The zero-order chi connectivity index (χ0) is 6.85. The van der Waals surface area contributed by atoms with Crippen LogP contribution >= 0.6 is 0 Å². The summed E-state index contributed by atoms with van der Waals surface area (Å²) in [5.41, 5.74) is 3.27. The number of allylic oxidation sites excluding steroid dienone is 2. The highest BCUT2D eigenvalue weighted by molar-refractivity contribution is 6.31. The van der Waals surface area contributed by atoms with E-state index in [0.29, 0.717) is 0 Å². The van der Waals surface area contributed by atoms with Crippen LogP contribution in [-0.4, -0.2) is 15.7 Å². The first kappa shape index (κ1) is 6.98. The molecule has 1 rings (SSSR count). The third-order valence-electron chi connectivity index (χ3n) is 2.40. The fourth-order valence-corrected chi connectivity index (χ4v) is 1.48. The van der Waals surface area contributed by atoms with E-state index in [4.69, 9.17) is 0 Å². The quantitative estimate of drug-likeness (QED) is 0.402. The van der Waals surface area contributed by atoms with Crippen LogP contribution in [-0.2, 0) is 0 Å². The van der Waals surface area contributed by atoms with Gasteiger partial charge in [0.15, 0.2) is 0 Å². The van der Waals surface area contributed by atoms with Gasteiger partial charge >= 0.3 is 0 Å². The fourth-order valence-electron chi connectivity index (χ4n) is 1.48. The Balaban J connectivity index is 2.61. The Morgan fingerprint density at radius 1 is 1.33 bits per heavy atom. The molecule has 0 aromatic rings. The maximum atomic E-state index is 2.34. The van der Waals surface area contributed by atoms with E-state index in [0.717, 1.165) is 5.92 Å². The summed E-state index contributed by atoms with van der Waals surface area (Å²) in [7, 11) is 4.53. The summed E-state index contributed by atoms with van der Waals surface area (Å²) in [5.74, 6) is 0.939. The fraction of sp³-hybridized carbons (Fsp3) is 0.714. The highest BCUT2D eigenvalue weighted by Crippen LogP contribution is 2.24. The Kier molecular flexibility index (Phi) is 2.05. The highest BCUT2D eigenvalue weighted by atomic mass is 14.1. The second-order valence-corrected chi connectivity index (χ2v) is 3.41. The molecule has 0 saturated heterocycles. The van der Waals surface area contributed by atoms with Gasteiger partial charge in [0, 0.05) is 0 Å². The van der Waals surface area contributed by atoms with Gasteiger partial charge in [-0.05, 0) is 25.2 Å². The van der Waals surface area contributed by atoms with Crippen molar-refractivity contribution in [2.75, 3.05) is 0 Å². The van der Waals surface area contributed by atoms with Crippen molar-refractivity contribution in [1.82, 2.24) is 0 Å². The molecule has 0 N–H and O–H groups in total. The summed E-state index contributed by atoms with van der Waals surface area (Å²) in [4.78, 5) is 0.